The Morgan fingerprint density at radius 2 is 2.00 bits per heavy atom. The second-order valence-electron chi connectivity index (χ2n) is 5.78. The van der Waals surface area contributed by atoms with E-state index in [1.165, 1.54) is 25.7 Å². The molecule has 104 valence electrons. The molecule has 4 nitrogen and oxygen atoms in total. The summed E-state index contributed by atoms with van der Waals surface area (Å²) in [5, 5.41) is 14.3. The predicted molar refractivity (Wildman–Crippen MR) is 77.4 cm³/mol. The summed E-state index contributed by atoms with van der Waals surface area (Å²) in [7, 11) is 0. The van der Waals surface area contributed by atoms with Gasteiger partial charge in [-0.1, -0.05) is 25.8 Å². The number of nitrogens with zero attached hydrogens (tertiary/aromatic N) is 1. The van der Waals surface area contributed by atoms with Crippen molar-refractivity contribution in [1.82, 2.24) is 0 Å². The molecule has 1 aliphatic rings. The summed E-state index contributed by atoms with van der Waals surface area (Å²) in [6, 6.07) is 5.36. The third kappa shape index (κ3) is 3.69. The van der Waals surface area contributed by atoms with Gasteiger partial charge in [0.05, 0.1) is 4.92 Å². The number of benzene rings is 1. The number of aryl methyl sites for hydroxylation is 1. The molecule has 0 amide bonds. The molecule has 0 saturated heterocycles. The molecule has 19 heavy (non-hydrogen) atoms. The average Bonchev–Trinajstić information content (AvgIpc) is 2.39. The quantitative estimate of drug-likeness (QED) is 0.655. The molecular formula is C15H22N2O2. The number of hydrogen-bond acceptors (Lipinski definition) is 3. The summed E-state index contributed by atoms with van der Waals surface area (Å²) >= 11 is 0. The molecule has 1 aromatic rings. The Kier molecular flexibility index (Phi) is 4.40. The van der Waals surface area contributed by atoms with Gasteiger partial charge in [0.25, 0.3) is 5.69 Å². The van der Waals surface area contributed by atoms with Crippen LogP contribution in [0.4, 0.5) is 11.4 Å². The van der Waals surface area contributed by atoms with Crippen LogP contribution in [0.3, 0.4) is 0 Å². The van der Waals surface area contributed by atoms with E-state index in [0.29, 0.717) is 11.6 Å². The lowest BCUT2D eigenvalue weighted by atomic mass is 9.83. The van der Waals surface area contributed by atoms with Crippen molar-refractivity contribution in [3.05, 3.63) is 33.9 Å². The second kappa shape index (κ2) is 6.04. The summed E-state index contributed by atoms with van der Waals surface area (Å²) in [6.45, 7) is 5.02. The van der Waals surface area contributed by atoms with Crippen molar-refractivity contribution in [1.29, 1.82) is 0 Å². The van der Waals surface area contributed by atoms with Gasteiger partial charge >= 0.3 is 0 Å². The minimum Gasteiger partial charge on any atom is -0.379 e. The summed E-state index contributed by atoms with van der Waals surface area (Å²) in [4.78, 5) is 10.7. The van der Waals surface area contributed by atoms with E-state index in [1.54, 1.807) is 6.07 Å². The fourth-order valence-electron chi connectivity index (χ4n) is 2.73. The van der Waals surface area contributed by atoms with Crippen LogP contribution >= 0.6 is 0 Å². The molecule has 1 saturated carbocycles. The highest BCUT2D eigenvalue weighted by Gasteiger charge is 2.19. The molecule has 0 aromatic heterocycles. The van der Waals surface area contributed by atoms with E-state index >= 15 is 0 Å². The van der Waals surface area contributed by atoms with Crippen LogP contribution in [-0.4, -0.2) is 11.5 Å². The SMILES string of the molecule is Cc1ccc(NCC2CCC(C)CC2)c([N+](=O)[O-])c1. The van der Waals surface area contributed by atoms with Gasteiger partial charge in [0.2, 0.25) is 0 Å². The maximum atomic E-state index is 11.0. The highest BCUT2D eigenvalue weighted by molar-refractivity contribution is 5.62. The van der Waals surface area contributed by atoms with E-state index in [1.807, 2.05) is 19.1 Å². The van der Waals surface area contributed by atoms with Gasteiger partial charge < -0.3 is 5.32 Å². The minimum absolute atomic E-state index is 0.184. The third-order valence-electron chi connectivity index (χ3n) is 4.07. The van der Waals surface area contributed by atoms with Crippen LogP contribution in [-0.2, 0) is 0 Å². The Morgan fingerprint density at radius 3 is 2.63 bits per heavy atom. The molecule has 1 aromatic carbocycles. The fraction of sp³-hybridized carbons (Fsp3) is 0.600. The number of anilines is 1. The first-order valence-electron chi connectivity index (χ1n) is 7.05. The average molecular weight is 262 g/mol. The van der Waals surface area contributed by atoms with E-state index in [4.69, 9.17) is 0 Å². The van der Waals surface area contributed by atoms with Crippen molar-refractivity contribution in [2.45, 2.75) is 39.5 Å². The van der Waals surface area contributed by atoms with Gasteiger partial charge in [0, 0.05) is 12.6 Å². The largest absolute Gasteiger partial charge is 0.379 e. The fourth-order valence-corrected chi connectivity index (χ4v) is 2.73. The first-order chi connectivity index (χ1) is 9.06. The molecule has 0 unspecified atom stereocenters. The monoisotopic (exact) mass is 262 g/mol. The predicted octanol–water partition coefficient (Wildman–Crippen LogP) is 4.14. The minimum atomic E-state index is -0.307. The first kappa shape index (κ1) is 13.8. The Bertz CT molecular complexity index is 451. The molecule has 0 atom stereocenters. The van der Waals surface area contributed by atoms with E-state index in [0.717, 1.165) is 18.0 Å². The summed E-state index contributed by atoms with van der Waals surface area (Å²) < 4.78 is 0. The van der Waals surface area contributed by atoms with Crippen molar-refractivity contribution in [2.24, 2.45) is 11.8 Å². The molecule has 1 fully saturated rings. The van der Waals surface area contributed by atoms with Crippen LogP contribution in [0.15, 0.2) is 18.2 Å². The Hall–Kier alpha value is -1.58. The van der Waals surface area contributed by atoms with Crippen LogP contribution in [0.1, 0.15) is 38.2 Å². The number of nitrogens with one attached hydrogen (secondary N) is 1. The standard InChI is InChI=1S/C15H22N2O2/c1-11-3-6-13(7-4-11)10-16-14-8-5-12(2)9-15(14)17(18)19/h5,8-9,11,13,16H,3-4,6-7,10H2,1-2H3. The van der Waals surface area contributed by atoms with Gasteiger partial charge in [-0.15, -0.1) is 0 Å². The van der Waals surface area contributed by atoms with Crippen molar-refractivity contribution in [2.75, 3.05) is 11.9 Å². The van der Waals surface area contributed by atoms with Crippen molar-refractivity contribution < 1.29 is 4.92 Å². The van der Waals surface area contributed by atoms with Gasteiger partial charge in [0.15, 0.2) is 0 Å². The lowest BCUT2D eigenvalue weighted by Crippen LogP contribution is -2.20. The molecule has 1 N–H and O–H groups in total. The van der Waals surface area contributed by atoms with Crippen LogP contribution in [0, 0.1) is 28.9 Å². The van der Waals surface area contributed by atoms with Gasteiger partial charge in [-0.05, 0) is 43.2 Å². The number of hydrogen-bond donors (Lipinski definition) is 1. The van der Waals surface area contributed by atoms with Crippen LogP contribution in [0.5, 0.6) is 0 Å². The van der Waals surface area contributed by atoms with Crippen molar-refractivity contribution in [3.8, 4) is 0 Å². The van der Waals surface area contributed by atoms with Crippen LogP contribution in [0.25, 0.3) is 0 Å². The smallest absolute Gasteiger partial charge is 0.292 e. The molecule has 1 aliphatic carbocycles. The molecule has 0 heterocycles. The number of rotatable bonds is 4. The summed E-state index contributed by atoms with van der Waals surface area (Å²) in [5.74, 6) is 1.49. The van der Waals surface area contributed by atoms with E-state index < -0.39 is 0 Å². The Morgan fingerprint density at radius 1 is 1.32 bits per heavy atom. The van der Waals surface area contributed by atoms with Gasteiger partial charge in [-0.25, -0.2) is 0 Å². The second-order valence-corrected chi connectivity index (χ2v) is 5.78. The summed E-state index contributed by atoms with van der Waals surface area (Å²) in [5.41, 5.74) is 1.75. The highest BCUT2D eigenvalue weighted by Crippen LogP contribution is 2.30. The zero-order valence-electron chi connectivity index (χ0n) is 11.7. The Balaban J connectivity index is 1.97. The molecular weight excluding hydrogens is 240 g/mol. The lowest BCUT2D eigenvalue weighted by molar-refractivity contribution is -0.384. The van der Waals surface area contributed by atoms with Gasteiger partial charge in [-0.2, -0.15) is 0 Å². The highest BCUT2D eigenvalue weighted by atomic mass is 16.6. The third-order valence-corrected chi connectivity index (χ3v) is 4.07. The van der Waals surface area contributed by atoms with E-state index in [9.17, 15) is 10.1 Å². The first-order valence-corrected chi connectivity index (χ1v) is 7.05. The molecule has 0 radical (unpaired) electrons. The maximum absolute atomic E-state index is 11.0. The van der Waals surface area contributed by atoms with E-state index in [2.05, 4.69) is 12.2 Å². The van der Waals surface area contributed by atoms with Crippen molar-refractivity contribution >= 4 is 11.4 Å². The Labute approximate surface area is 114 Å². The van der Waals surface area contributed by atoms with E-state index in [-0.39, 0.29) is 10.6 Å². The maximum Gasteiger partial charge on any atom is 0.292 e. The molecule has 0 aliphatic heterocycles. The van der Waals surface area contributed by atoms with Gasteiger partial charge in [-0.3, -0.25) is 10.1 Å². The van der Waals surface area contributed by atoms with Crippen LogP contribution in [0.2, 0.25) is 0 Å². The normalized spacial score (nSPS) is 23.1. The molecule has 0 spiro atoms. The zero-order chi connectivity index (χ0) is 13.8. The van der Waals surface area contributed by atoms with Crippen LogP contribution < -0.4 is 5.32 Å². The number of nitro groups is 1. The molecule has 0 bridgehead atoms. The topological polar surface area (TPSA) is 55.2 Å². The van der Waals surface area contributed by atoms with Crippen molar-refractivity contribution in [3.63, 3.8) is 0 Å². The summed E-state index contributed by atoms with van der Waals surface area (Å²) in [6.07, 6.45) is 5.02. The molecule has 4 heteroatoms. The van der Waals surface area contributed by atoms with Gasteiger partial charge in [0.1, 0.15) is 5.69 Å². The molecule has 2 rings (SSSR count). The lowest BCUT2D eigenvalue weighted by Gasteiger charge is -2.26. The zero-order valence-corrected chi connectivity index (χ0v) is 11.7. The number of nitro benzene ring substituents is 1.